The Bertz CT molecular complexity index is 3390. The molecule has 0 unspecified atom stereocenters. The van der Waals surface area contributed by atoms with E-state index in [1.54, 1.807) is 37.2 Å². The molecule has 80 heavy (non-hydrogen) atoms. The molecule has 3 aromatic carbocycles. The lowest BCUT2D eigenvalue weighted by Crippen LogP contribution is -2.41. The summed E-state index contributed by atoms with van der Waals surface area (Å²) in [5.41, 5.74) is 28.0. The van der Waals surface area contributed by atoms with Gasteiger partial charge in [0.15, 0.2) is 0 Å². The SMILES string of the molecule is C=C1C=CNNN1.C=C1C=Cc2ccccc2N1.C=C1C=Cc2cccnc2N1.C=C1C=Cc2ccncc2N1.C=C1C=Cc2cnccc2N1.C=C1C=NNC=N1.C=C1C=c2ccccc2=CN1.C=C1NC=Cc2ccccc21. The van der Waals surface area contributed by atoms with E-state index < -0.39 is 0 Å². The van der Waals surface area contributed by atoms with Crippen molar-refractivity contribution in [3.05, 3.63) is 307 Å². The van der Waals surface area contributed by atoms with Crippen LogP contribution in [0.15, 0.2) is 273 Å². The molecule has 3 aromatic heterocycles. The van der Waals surface area contributed by atoms with E-state index in [0.29, 0.717) is 5.70 Å². The number of pyridine rings is 3. The highest BCUT2D eigenvalue weighted by Crippen LogP contribution is 2.25. The minimum absolute atomic E-state index is 0.679. The van der Waals surface area contributed by atoms with E-state index in [9.17, 15) is 0 Å². The summed E-state index contributed by atoms with van der Waals surface area (Å²) in [6.07, 6.45) is 39.4. The summed E-state index contributed by atoms with van der Waals surface area (Å²) >= 11 is 0. The third-order valence-corrected chi connectivity index (χ3v) is 11.3. The molecule has 0 saturated carbocycles. The normalized spacial score (nSPS) is 14.6. The van der Waals surface area contributed by atoms with Gasteiger partial charge in [0, 0.05) is 117 Å². The van der Waals surface area contributed by atoms with Gasteiger partial charge in [-0.3, -0.25) is 15.4 Å². The van der Waals surface area contributed by atoms with Gasteiger partial charge in [-0.1, -0.05) is 132 Å². The van der Waals surface area contributed by atoms with Crippen molar-refractivity contribution < 1.29 is 0 Å². The second-order valence-electron chi connectivity index (χ2n) is 17.4. The first kappa shape index (κ1) is 56.4. The van der Waals surface area contributed by atoms with Crippen LogP contribution in [0, 0.1) is 0 Å². The number of hydrazine groups is 2. The molecule has 398 valence electrons. The van der Waals surface area contributed by atoms with Gasteiger partial charge in [-0.2, -0.15) is 10.6 Å². The fourth-order valence-electron chi connectivity index (χ4n) is 7.35. The molecular formula is C65H63N15. The highest BCUT2D eigenvalue weighted by atomic mass is 15.6. The van der Waals surface area contributed by atoms with E-state index in [-0.39, 0.29) is 0 Å². The number of hydrogen-bond acceptors (Lipinski definition) is 15. The maximum atomic E-state index is 4.15. The first-order valence-corrected chi connectivity index (χ1v) is 25.0. The maximum absolute atomic E-state index is 4.15. The standard InChI is InChI=1S/3C10H9N.3C9H8N2.C4H5N3.C4H7N3/c1-8-6-9-4-2-3-5-10(9)7-11-8;1-8-10-5-3-2-4-9(10)6-7-11-8;1-8-6-7-9-4-2-3-5-10(9)11-8;1-7-2-3-8-6-10-5-4-9(8)11-7;1-7-2-3-8-4-5-10-6-9(8)11-7;1-7-4-5-8-3-2-6-10-9(8)11-7;1-4-2-6-7-3-5-4;1-4-2-3-5-7-6-4/h3*2-7,11H,1H2;2*2-6,11H,1H2;2-6H,1H2,(H,10,11);2-3H,1H2,(H,5,7);2-3,5-7H,1H2. The van der Waals surface area contributed by atoms with Gasteiger partial charge < -0.3 is 42.8 Å². The zero-order valence-electron chi connectivity index (χ0n) is 44.3. The number of para-hydroxylation sites is 1. The van der Waals surface area contributed by atoms with Crippen LogP contribution in [0.1, 0.15) is 33.4 Å². The van der Waals surface area contributed by atoms with E-state index in [1.807, 2.05) is 146 Å². The number of benzene rings is 3. The molecule has 0 spiro atoms. The van der Waals surface area contributed by atoms with E-state index >= 15 is 0 Å². The lowest BCUT2D eigenvalue weighted by molar-refractivity contribution is 0.535. The van der Waals surface area contributed by atoms with Crippen molar-refractivity contribution in [2.24, 2.45) is 10.1 Å². The van der Waals surface area contributed by atoms with Crippen molar-refractivity contribution in [3.63, 3.8) is 0 Å². The van der Waals surface area contributed by atoms with Crippen molar-refractivity contribution in [2.75, 3.05) is 21.3 Å². The van der Waals surface area contributed by atoms with Crippen molar-refractivity contribution in [1.82, 2.24) is 47.4 Å². The molecule has 0 saturated heterocycles. The Morgan fingerprint density at radius 2 is 1.04 bits per heavy atom. The Morgan fingerprint density at radius 3 is 1.71 bits per heavy atom. The number of fused-ring (bicyclic) bond motifs is 6. The molecule has 0 aliphatic carbocycles. The van der Waals surface area contributed by atoms with Crippen LogP contribution in [-0.4, -0.2) is 27.5 Å². The van der Waals surface area contributed by atoms with Gasteiger partial charge in [0.1, 0.15) is 12.2 Å². The average Bonchev–Trinajstić information content (AvgIpc) is 3.49. The average molecular weight is 1050 g/mol. The number of hydrazone groups is 1. The van der Waals surface area contributed by atoms with Crippen LogP contribution in [0.3, 0.4) is 0 Å². The molecule has 10 N–H and O–H groups in total. The van der Waals surface area contributed by atoms with Crippen molar-refractivity contribution in [2.45, 2.75) is 0 Å². The first-order chi connectivity index (χ1) is 39.0. The molecule has 15 nitrogen and oxygen atoms in total. The number of rotatable bonds is 0. The second-order valence-corrected chi connectivity index (χ2v) is 17.4. The Labute approximate surface area is 467 Å². The van der Waals surface area contributed by atoms with Crippen LogP contribution in [0.4, 0.5) is 22.9 Å². The number of hydrogen-bond donors (Lipinski definition) is 10. The molecule has 8 aliphatic rings. The zero-order valence-corrected chi connectivity index (χ0v) is 44.3. The smallest absolute Gasteiger partial charge is 0.137 e. The predicted octanol–water partition coefficient (Wildman–Crippen LogP) is 11.0. The fourth-order valence-corrected chi connectivity index (χ4v) is 7.35. The van der Waals surface area contributed by atoms with Gasteiger partial charge >= 0.3 is 0 Å². The Kier molecular flexibility index (Phi) is 21.0. The topological polar surface area (TPSA) is 184 Å². The third kappa shape index (κ3) is 18.2. The number of allylic oxidation sites excluding steroid dienone is 7. The van der Waals surface area contributed by atoms with Crippen molar-refractivity contribution in [3.8, 4) is 0 Å². The number of aliphatic imine (C=N–C) groups is 1. The summed E-state index contributed by atoms with van der Waals surface area (Å²) in [5, 5.41) is 24.7. The molecule has 0 atom stereocenters. The fraction of sp³-hybridized carbons (Fsp3) is 0. The summed E-state index contributed by atoms with van der Waals surface area (Å²) < 4.78 is 0. The van der Waals surface area contributed by atoms with E-state index in [2.05, 4.69) is 168 Å². The van der Waals surface area contributed by atoms with Gasteiger partial charge in [-0.05, 0) is 107 Å². The molecule has 14 rings (SSSR count). The molecular weight excluding hydrogens is 991 g/mol. The van der Waals surface area contributed by atoms with Crippen LogP contribution in [0.25, 0.3) is 48.4 Å². The van der Waals surface area contributed by atoms with E-state index in [4.69, 9.17) is 0 Å². The Balaban J connectivity index is 0.000000133. The minimum Gasteiger partial charge on any atom is -0.362 e. The Morgan fingerprint density at radius 1 is 0.425 bits per heavy atom. The molecule has 15 heteroatoms. The molecule has 0 radical (unpaired) electrons. The molecule has 6 aromatic rings. The maximum Gasteiger partial charge on any atom is 0.137 e. The van der Waals surface area contributed by atoms with Crippen molar-refractivity contribution >= 4 is 83.8 Å². The highest BCUT2D eigenvalue weighted by molar-refractivity contribution is 5.83. The van der Waals surface area contributed by atoms with Crippen LogP contribution < -0.4 is 64.2 Å². The summed E-state index contributed by atoms with van der Waals surface area (Å²) in [7, 11) is 0. The van der Waals surface area contributed by atoms with Crippen LogP contribution in [-0.2, 0) is 0 Å². The van der Waals surface area contributed by atoms with E-state index in [1.165, 1.54) is 33.5 Å². The van der Waals surface area contributed by atoms with Crippen LogP contribution in [0.5, 0.6) is 0 Å². The zero-order chi connectivity index (χ0) is 56.3. The number of anilines is 4. The van der Waals surface area contributed by atoms with Gasteiger partial charge in [-0.15, -0.1) is 0 Å². The van der Waals surface area contributed by atoms with Crippen LogP contribution >= 0.6 is 0 Å². The van der Waals surface area contributed by atoms with E-state index in [0.717, 1.165) is 79.4 Å². The molecule has 0 fully saturated rings. The van der Waals surface area contributed by atoms with Gasteiger partial charge in [0.25, 0.3) is 0 Å². The number of nitrogens with one attached hydrogen (secondary N) is 10. The largest absolute Gasteiger partial charge is 0.362 e. The second kappa shape index (κ2) is 29.7. The number of nitrogens with zero attached hydrogens (tertiary/aromatic N) is 5. The highest BCUT2D eigenvalue weighted by Gasteiger charge is 2.07. The van der Waals surface area contributed by atoms with Gasteiger partial charge in [0.05, 0.1) is 23.8 Å². The summed E-state index contributed by atoms with van der Waals surface area (Å²) in [5.74, 6) is 0.889. The summed E-state index contributed by atoms with van der Waals surface area (Å²) in [4.78, 5) is 15.9. The molecule has 8 aliphatic heterocycles. The van der Waals surface area contributed by atoms with Gasteiger partial charge in [-0.25, -0.2) is 9.98 Å². The monoisotopic (exact) mass is 1050 g/mol. The lowest BCUT2D eigenvalue weighted by atomic mass is 10.0. The number of aromatic nitrogens is 3. The molecule has 11 heterocycles. The van der Waals surface area contributed by atoms with Gasteiger partial charge in [0.2, 0.25) is 0 Å². The molecule has 0 bridgehead atoms. The minimum atomic E-state index is 0.679. The quantitative estimate of drug-likeness (QED) is 0.0694. The summed E-state index contributed by atoms with van der Waals surface area (Å²) in [6.45, 7) is 30.0. The molecule has 0 amide bonds. The summed E-state index contributed by atoms with van der Waals surface area (Å²) in [6, 6.07) is 32.4. The first-order valence-electron chi connectivity index (χ1n) is 25.0. The predicted molar refractivity (Wildman–Crippen MR) is 338 cm³/mol. The third-order valence-electron chi connectivity index (χ3n) is 11.3. The lowest BCUT2D eigenvalue weighted by Gasteiger charge is -2.13. The van der Waals surface area contributed by atoms with Crippen molar-refractivity contribution in [1.29, 1.82) is 0 Å². The van der Waals surface area contributed by atoms with Crippen LogP contribution in [0.2, 0.25) is 0 Å². The Hall–Kier alpha value is -11.3.